The molecule has 4 rings (SSSR count). The van der Waals surface area contributed by atoms with Crippen LogP contribution in [-0.4, -0.2) is 38.2 Å². The maximum Gasteiger partial charge on any atom is 0.196 e. The number of fused-ring (bicyclic) bond motifs is 1. The summed E-state index contributed by atoms with van der Waals surface area (Å²) in [6.07, 6.45) is 3.96. The molecule has 0 aliphatic rings. The highest BCUT2D eigenvalue weighted by atomic mass is 35.5. The predicted octanol–water partition coefficient (Wildman–Crippen LogP) is 4.96. The van der Waals surface area contributed by atoms with Crippen molar-refractivity contribution in [1.29, 1.82) is 5.26 Å². The van der Waals surface area contributed by atoms with Gasteiger partial charge in [-0.25, -0.2) is 0 Å². The van der Waals surface area contributed by atoms with Crippen molar-refractivity contribution >= 4 is 28.9 Å². The Balaban J connectivity index is 1.71. The van der Waals surface area contributed by atoms with Gasteiger partial charge in [0.2, 0.25) is 0 Å². The first-order chi connectivity index (χ1) is 14.5. The summed E-state index contributed by atoms with van der Waals surface area (Å²) in [5.41, 5.74) is 3.54. The Morgan fingerprint density at radius 1 is 1.17 bits per heavy atom. The molecule has 0 saturated carbocycles. The molecule has 1 atom stereocenters. The summed E-state index contributed by atoms with van der Waals surface area (Å²) in [6, 6.07) is 15.9. The molecule has 0 aliphatic carbocycles. The summed E-state index contributed by atoms with van der Waals surface area (Å²) in [5.74, 6) is 1.47. The summed E-state index contributed by atoms with van der Waals surface area (Å²) in [4.78, 5) is 2.10. The van der Waals surface area contributed by atoms with Crippen molar-refractivity contribution in [2.75, 3.05) is 14.1 Å². The minimum atomic E-state index is 0.0780. The summed E-state index contributed by atoms with van der Waals surface area (Å²) in [5, 5.41) is 20.1. The van der Waals surface area contributed by atoms with E-state index in [2.05, 4.69) is 32.7 Å². The Hall–Kier alpha value is -2.79. The van der Waals surface area contributed by atoms with Crippen LogP contribution in [0.4, 0.5) is 0 Å². The van der Waals surface area contributed by atoms with E-state index >= 15 is 0 Å². The van der Waals surface area contributed by atoms with Crippen molar-refractivity contribution in [3.05, 3.63) is 76.8 Å². The van der Waals surface area contributed by atoms with Crippen LogP contribution in [-0.2, 0) is 5.75 Å². The molecule has 0 amide bonds. The molecule has 1 aromatic carbocycles. The van der Waals surface area contributed by atoms with Crippen LogP contribution < -0.4 is 0 Å². The van der Waals surface area contributed by atoms with Gasteiger partial charge in [0, 0.05) is 28.9 Å². The van der Waals surface area contributed by atoms with Crippen molar-refractivity contribution < 1.29 is 0 Å². The molecule has 0 radical (unpaired) electrons. The van der Waals surface area contributed by atoms with E-state index in [0.717, 1.165) is 27.7 Å². The number of nitrogens with zero attached hydrogens (tertiary/aromatic N) is 6. The quantitative estimate of drug-likeness (QED) is 0.400. The van der Waals surface area contributed by atoms with Crippen LogP contribution in [0.5, 0.6) is 0 Å². The van der Waals surface area contributed by atoms with Gasteiger partial charge in [0.1, 0.15) is 6.07 Å². The van der Waals surface area contributed by atoms with Gasteiger partial charge >= 0.3 is 0 Å². The largest absolute Gasteiger partial charge is 0.322 e. The molecular weight excluding hydrogens is 416 g/mol. The van der Waals surface area contributed by atoms with E-state index in [1.54, 1.807) is 11.8 Å². The van der Waals surface area contributed by atoms with Gasteiger partial charge in [0.05, 0.1) is 17.1 Å². The smallest absolute Gasteiger partial charge is 0.196 e. The maximum absolute atomic E-state index is 9.68. The molecule has 3 aromatic heterocycles. The van der Waals surface area contributed by atoms with Gasteiger partial charge in [0.15, 0.2) is 11.0 Å². The topological polar surface area (TPSA) is 62.2 Å². The van der Waals surface area contributed by atoms with E-state index in [0.29, 0.717) is 16.3 Å². The maximum atomic E-state index is 9.68. The highest BCUT2D eigenvalue weighted by Gasteiger charge is 2.21. The van der Waals surface area contributed by atoms with Gasteiger partial charge in [-0.3, -0.25) is 9.47 Å². The van der Waals surface area contributed by atoms with Gasteiger partial charge in [-0.2, -0.15) is 5.26 Å². The van der Waals surface area contributed by atoms with Gasteiger partial charge in [-0.15, -0.1) is 10.2 Å². The fourth-order valence-electron chi connectivity index (χ4n) is 3.27. The number of benzene rings is 1. The van der Waals surface area contributed by atoms with Crippen molar-refractivity contribution in [2.45, 2.75) is 23.9 Å². The molecule has 4 aromatic rings. The molecule has 0 bridgehead atoms. The van der Waals surface area contributed by atoms with Crippen LogP contribution in [0.15, 0.2) is 60.0 Å². The lowest BCUT2D eigenvalue weighted by molar-refractivity contribution is 0.305. The average molecular weight is 437 g/mol. The second kappa shape index (κ2) is 8.52. The van der Waals surface area contributed by atoms with Crippen molar-refractivity contribution in [2.24, 2.45) is 0 Å². The molecule has 0 saturated heterocycles. The molecular formula is C22H21ClN6S. The molecule has 1 unspecified atom stereocenters. The van der Waals surface area contributed by atoms with Gasteiger partial charge < -0.3 is 4.40 Å². The zero-order valence-corrected chi connectivity index (χ0v) is 18.5. The number of aromatic nitrogens is 4. The van der Waals surface area contributed by atoms with Crippen LogP contribution >= 0.6 is 23.4 Å². The zero-order chi connectivity index (χ0) is 21.3. The summed E-state index contributed by atoms with van der Waals surface area (Å²) < 4.78 is 4.05. The zero-order valence-electron chi connectivity index (χ0n) is 17.0. The monoisotopic (exact) mass is 436 g/mol. The fourth-order valence-corrected chi connectivity index (χ4v) is 4.32. The second-order valence-corrected chi connectivity index (χ2v) is 8.59. The Morgan fingerprint density at radius 3 is 2.63 bits per heavy atom. The summed E-state index contributed by atoms with van der Waals surface area (Å²) >= 11 is 7.66. The number of pyridine rings is 1. The first-order valence-electron chi connectivity index (χ1n) is 9.48. The van der Waals surface area contributed by atoms with E-state index in [1.807, 2.05) is 73.4 Å². The lowest BCUT2D eigenvalue weighted by Gasteiger charge is -2.20. The number of hydrogen-bond donors (Lipinski definition) is 0. The lowest BCUT2D eigenvalue weighted by atomic mass is 10.2. The lowest BCUT2D eigenvalue weighted by Crippen LogP contribution is -2.20. The third-order valence-corrected chi connectivity index (χ3v) is 6.35. The van der Waals surface area contributed by atoms with Gasteiger partial charge in [0.25, 0.3) is 0 Å². The third-order valence-electron chi connectivity index (χ3n) is 5.12. The Kier molecular flexibility index (Phi) is 5.82. The highest BCUT2D eigenvalue weighted by molar-refractivity contribution is 7.98. The first-order valence-corrected chi connectivity index (χ1v) is 10.8. The molecule has 30 heavy (non-hydrogen) atoms. The molecule has 0 spiro atoms. The second-order valence-electron chi connectivity index (χ2n) is 7.22. The average Bonchev–Trinajstić information content (AvgIpc) is 3.33. The van der Waals surface area contributed by atoms with Crippen LogP contribution in [0.2, 0.25) is 5.02 Å². The van der Waals surface area contributed by atoms with Gasteiger partial charge in [-0.1, -0.05) is 29.4 Å². The number of thioether (sulfide) groups is 1. The van der Waals surface area contributed by atoms with E-state index < -0.39 is 0 Å². The Labute approximate surface area is 184 Å². The molecule has 0 aliphatic heterocycles. The Bertz CT molecular complexity index is 1220. The number of hydrogen-bond acceptors (Lipinski definition) is 5. The minimum absolute atomic E-state index is 0.0780. The molecule has 8 heteroatoms. The van der Waals surface area contributed by atoms with E-state index in [1.165, 1.54) is 0 Å². The highest BCUT2D eigenvalue weighted by Crippen LogP contribution is 2.31. The van der Waals surface area contributed by atoms with Crippen molar-refractivity contribution in [1.82, 2.24) is 24.1 Å². The first kappa shape index (κ1) is 20.5. The van der Waals surface area contributed by atoms with E-state index in [9.17, 15) is 5.26 Å². The van der Waals surface area contributed by atoms with Crippen LogP contribution in [0.3, 0.4) is 0 Å². The van der Waals surface area contributed by atoms with Gasteiger partial charge in [-0.05, 0) is 63.0 Å². The van der Waals surface area contributed by atoms with Crippen LogP contribution in [0.25, 0.3) is 11.2 Å². The fraction of sp³-hybridized carbons (Fsp3) is 0.227. The van der Waals surface area contributed by atoms with E-state index in [4.69, 9.17) is 11.6 Å². The summed E-state index contributed by atoms with van der Waals surface area (Å²) in [6.45, 7) is 2.10. The van der Waals surface area contributed by atoms with Crippen molar-refractivity contribution in [3.8, 4) is 11.8 Å². The number of nitriles is 1. The standard InChI is InChI=1S/C22H21ClN6S/c1-15(27(2)3)21-25-26-22(29(21)18-9-7-17(23)8-10-18)30-14-16-13-28-11-5-4-6-20(28)19(16)12-24/h4-11,13,15H,14H2,1-3H3. The molecule has 6 nitrogen and oxygen atoms in total. The minimum Gasteiger partial charge on any atom is -0.322 e. The molecule has 3 heterocycles. The Morgan fingerprint density at radius 2 is 1.93 bits per heavy atom. The van der Waals surface area contributed by atoms with E-state index in [-0.39, 0.29) is 6.04 Å². The predicted molar refractivity (Wildman–Crippen MR) is 120 cm³/mol. The molecule has 0 fully saturated rings. The SMILES string of the molecule is CC(c1nnc(SCc2cn3ccccc3c2C#N)n1-c1ccc(Cl)cc1)N(C)C. The van der Waals surface area contributed by atoms with Crippen LogP contribution in [0, 0.1) is 11.3 Å². The third kappa shape index (κ3) is 3.82. The molecule has 0 N–H and O–H groups in total. The van der Waals surface area contributed by atoms with Crippen molar-refractivity contribution in [3.63, 3.8) is 0 Å². The summed E-state index contributed by atoms with van der Waals surface area (Å²) in [7, 11) is 4.04. The van der Waals surface area contributed by atoms with Crippen LogP contribution in [0.1, 0.15) is 29.9 Å². The number of halogens is 1. The molecule has 152 valence electrons. The normalized spacial score (nSPS) is 12.4. The number of rotatable bonds is 6.